The van der Waals surface area contributed by atoms with Crippen molar-refractivity contribution in [3.63, 3.8) is 0 Å². The molecule has 1 aliphatic rings. The highest BCUT2D eigenvalue weighted by Gasteiger charge is 2.21. The lowest BCUT2D eigenvalue weighted by Gasteiger charge is -2.20. The standard InChI is InChI=1S/C25H19NO7/c1-15-23(16-5-3-2-4-6-16)24(27)21-8-7-20(11-22(21)33-15)31-13-18-10-19(26(28)29)9-17-12-30-14-32-25(17)18/h2-11H,12-14H2,1H3. The normalized spacial score (nSPS) is 12.8. The molecule has 8 nitrogen and oxygen atoms in total. The Hall–Kier alpha value is -4.17. The molecule has 0 unspecified atom stereocenters. The van der Waals surface area contributed by atoms with E-state index in [4.69, 9.17) is 18.6 Å². The smallest absolute Gasteiger partial charge is 0.270 e. The Bertz CT molecular complexity index is 1430. The Morgan fingerprint density at radius 2 is 1.91 bits per heavy atom. The lowest BCUT2D eigenvalue weighted by molar-refractivity contribution is -0.385. The van der Waals surface area contributed by atoms with Crippen LogP contribution in [-0.2, 0) is 18.0 Å². The van der Waals surface area contributed by atoms with Crippen LogP contribution in [0.4, 0.5) is 5.69 Å². The van der Waals surface area contributed by atoms with Gasteiger partial charge in [-0.25, -0.2) is 0 Å². The fraction of sp³-hybridized carbons (Fsp3) is 0.160. The number of nitro groups is 1. The van der Waals surface area contributed by atoms with Gasteiger partial charge in [-0.1, -0.05) is 30.3 Å². The number of benzene rings is 3. The molecular formula is C25H19NO7. The number of fused-ring (bicyclic) bond motifs is 2. The first-order valence-corrected chi connectivity index (χ1v) is 10.3. The summed E-state index contributed by atoms with van der Waals surface area (Å²) in [6.07, 6.45) is 0. The molecule has 0 bridgehead atoms. The SMILES string of the molecule is Cc1oc2cc(OCc3cc([N+](=O)[O-])cc4c3OCOC4)ccc2c(=O)c1-c1ccccc1. The molecule has 166 valence electrons. The zero-order valence-electron chi connectivity index (χ0n) is 17.7. The van der Waals surface area contributed by atoms with Gasteiger partial charge < -0.3 is 18.6 Å². The first kappa shape index (κ1) is 20.7. The maximum Gasteiger partial charge on any atom is 0.270 e. The number of hydrogen-bond acceptors (Lipinski definition) is 7. The summed E-state index contributed by atoms with van der Waals surface area (Å²) >= 11 is 0. The van der Waals surface area contributed by atoms with E-state index in [1.165, 1.54) is 12.1 Å². The number of ether oxygens (including phenoxy) is 3. The molecule has 33 heavy (non-hydrogen) atoms. The Labute approximate surface area is 188 Å². The number of nitrogens with zero attached hydrogens (tertiary/aromatic N) is 1. The summed E-state index contributed by atoms with van der Waals surface area (Å²) in [6, 6.07) is 17.2. The summed E-state index contributed by atoms with van der Waals surface area (Å²) in [4.78, 5) is 23.9. The monoisotopic (exact) mass is 445 g/mol. The van der Waals surface area contributed by atoms with Gasteiger partial charge in [-0.15, -0.1) is 0 Å². The number of hydrogen-bond donors (Lipinski definition) is 0. The number of non-ortho nitro benzene ring substituents is 1. The maximum absolute atomic E-state index is 13.1. The zero-order valence-corrected chi connectivity index (χ0v) is 17.7. The molecule has 3 aromatic carbocycles. The van der Waals surface area contributed by atoms with Crippen molar-refractivity contribution >= 4 is 16.7 Å². The summed E-state index contributed by atoms with van der Waals surface area (Å²) in [5.74, 6) is 1.50. The number of aryl methyl sites for hydroxylation is 1. The highest BCUT2D eigenvalue weighted by Crippen LogP contribution is 2.34. The second-order valence-corrected chi connectivity index (χ2v) is 7.64. The molecular weight excluding hydrogens is 426 g/mol. The average molecular weight is 445 g/mol. The third-order valence-electron chi connectivity index (χ3n) is 5.48. The molecule has 0 N–H and O–H groups in total. The Kier molecular flexibility index (Phi) is 5.27. The predicted octanol–water partition coefficient (Wildman–Crippen LogP) is 5.12. The van der Waals surface area contributed by atoms with Crippen LogP contribution in [0.5, 0.6) is 11.5 Å². The van der Waals surface area contributed by atoms with Crippen molar-refractivity contribution in [1.29, 1.82) is 0 Å². The molecule has 0 amide bonds. The molecule has 0 radical (unpaired) electrons. The highest BCUT2D eigenvalue weighted by molar-refractivity contribution is 5.83. The largest absolute Gasteiger partial charge is 0.489 e. The topological polar surface area (TPSA) is 101 Å². The molecule has 1 aromatic heterocycles. The van der Waals surface area contributed by atoms with Crippen LogP contribution in [0.2, 0.25) is 0 Å². The van der Waals surface area contributed by atoms with E-state index in [1.807, 2.05) is 30.3 Å². The molecule has 2 heterocycles. The summed E-state index contributed by atoms with van der Waals surface area (Å²) in [6.45, 7) is 2.10. The lowest BCUT2D eigenvalue weighted by atomic mass is 10.0. The van der Waals surface area contributed by atoms with Gasteiger partial charge in [0.25, 0.3) is 5.69 Å². The molecule has 1 aliphatic heterocycles. The van der Waals surface area contributed by atoms with Gasteiger partial charge >= 0.3 is 0 Å². The van der Waals surface area contributed by atoms with E-state index < -0.39 is 4.92 Å². The van der Waals surface area contributed by atoms with Crippen molar-refractivity contribution in [2.45, 2.75) is 20.1 Å². The first-order valence-electron chi connectivity index (χ1n) is 10.3. The van der Waals surface area contributed by atoms with Crippen LogP contribution in [0.1, 0.15) is 16.9 Å². The fourth-order valence-corrected chi connectivity index (χ4v) is 3.97. The van der Waals surface area contributed by atoms with E-state index in [-0.39, 0.29) is 31.1 Å². The highest BCUT2D eigenvalue weighted by atomic mass is 16.7. The summed E-state index contributed by atoms with van der Waals surface area (Å²) in [5, 5.41) is 11.7. The summed E-state index contributed by atoms with van der Waals surface area (Å²) in [5.41, 5.74) is 2.69. The summed E-state index contributed by atoms with van der Waals surface area (Å²) < 4.78 is 22.6. The minimum absolute atomic E-state index is 0.0425. The van der Waals surface area contributed by atoms with E-state index >= 15 is 0 Å². The third kappa shape index (κ3) is 3.92. The lowest BCUT2D eigenvalue weighted by Crippen LogP contribution is -2.14. The second kappa shape index (κ2) is 8.40. The Balaban J connectivity index is 1.47. The first-order chi connectivity index (χ1) is 16.0. The van der Waals surface area contributed by atoms with Crippen molar-refractivity contribution in [2.75, 3.05) is 6.79 Å². The Morgan fingerprint density at radius 1 is 1.09 bits per heavy atom. The van der Waals surface area contributed by atoms with Crippen molar-refractivity contribution in [2.24, 2.45) is 0 Å². The molecule has 0 spiro atoms. The van der Waals surface area contributed by atoms with Gasteiger partial charge in [-0.2, -0.15) is 0 Å². The minimum atomic E-state index is -0.462. The molecule has 0 saturated carbocycles. The van der Waals surface area contributed by atoms with Crippen LogP contribution in [0.3, 0.4) is 0 Å². The Morgan fingerprint density at radius 3 is 2.70 bits per heavy atom. The van der Waals surface area contributed by atoms with Gasteiger partial charge in [0.1, 0.15) is 29.4 Å². The summed E-state index contributed by atoms with van der Waals surface area (Å²) in [7, 11) is 0. The van der Waals surface area contributed by atoms with Gasteiger partial charge in [0.15, 0.2) is 6.79 Å². The van der Waals surface area contributed by atoms with Crippen molar-refractivity contribution < 1.29 is 23.6 Å². The quantitative estimate of drug-likeness (QED) is 0.310. The second-order valence-electron chi connectivity index (χ2n) is 7.64. The van der Waals surface area contributed by atoms with Gasteiger partial charge in [0.05, 0.1) is 22.5 Å². The van der Waals surface area contributed by atoms with Crippen molar-refractivity contribution in [3.8, 4) is 22.6 Å². The molecule has 0 saturated heterocycles. The maximum atomic E-state index is 13.1. The van der Waals surface area contributed by atoms with Crippen LogP contribution in [0, 0.1) is 17.0 Å². The molecule has 0 atom stereocenters. The van der Waals surface area contributed by atoms with Crippen LogP contribution in [-0.4, -0.2) is 11.7 Å². The van der Waals surface area contributed by atoms with Gasteiger partial charge in [0, 0.05) is 29.3 Å². The number of rotatable bonds is 5. The van der Waals surface area contributed by atoms with Crippen LogP contribution < -0.4 is 14.9 Å². The number of nitro benzene ring substituents is 1. The van der Waals surface area contributed by atoms with Gasteiger partial charge in [0.2, 0.25) is 5.43 Å². The minimum Gasteiger partial charge on any atom is -0.489 e. The van der Waals surface area contributed by atoms with Crippen LogP contribution in [0.15, 0.2) is 69.9 Å². The molecule has 0 aliphatic carbocycles. The average Bonchev–Trinajstić information content (AvgIpc) is 2.82. The molecule has 5 rings (SSSR count). The van der Waals surface area contributed by atoms with Crippen LogP contribution in [0.25, 0.3) is 22.1 Å². The van der Waals surface area contributed by atoms with Crippen molar-refractivity contribution in [1.82, 2.24) is 0 Å². The van der Waals surface area contributed by atoms with E-state index in [2.05, 4.69) is 0 Å². The van der Waals surface area contributed by atoms with E-state index in [0.717, 1.165) is 5.56 Å². The van der Waals surface area contributed by atoms with Gasteiger partial charge in [-0.3, -0.25) is 14.9 Å². The van der Waals surface area contributed by atoms with Crippen molar-refractivity contribution in [3.05, 3.63) is 97.9 Å². The van der Waals surface area contributed by atoms with E-state index in [0.29, 0.717) is 44.9 Å². The van der Waals surface area contributed by atoms with Gasteiger partial charge in [-0.05, 0) is 24.6 Å². The molecule has 0 fully saturated rings. The van der Waals surface area contributed by atoms with E-state index in [1.54, 1.807) is 25.1 Å². The molecule has 8 heteroatoms. The zero-order chi connectivity index (χ0) is 22.9. The fourth-order valence-electron chi connectivity index (χ4n) is 3.97. The van der Waals surface area contributed by atoms with E-state index in [9.17, 15) is 14.9 Å². The molecule has 4 aromatic rings. The van der Waals surface area contributed by atoms with Crippen LogP contribution >= 0.6 is 0 Å². The predicted molar refractivity (Wildman–Crippen MR) is 120 cm³/mol. The third-order valence-corrected chi connectivity index (χ3v) is 5.48.